The van der Waals surface area contributed by atoms with Crippen molar-refractivity contribution in [2.45, 2.75) is 0 Å². The fourth-order valence-electron chi connectivity index (χ4n) is 2.98. The lowest BCUT2D eigenvalue weighted by Crippen LogP contribution is -1.98. The summed E-state index contributed by atoms with van der Waals surface area (Å²) < 4.78 is 7.81. The van der Waals surface area contributed by atoms with Crippen molar-refractivity contribution in [3.8, 4) is 22.8 Å². The second-order valence-electron chi connectivity index (χ2n) is 6.16. The molecule has 0 atom stereocenters. The van der Waals surface area contributed by atoms with Gasteiger partial charge in [0.15, 0.2) is 11.5 Å². The first-order valence-corrected chi connectivity index (χ1v) is 8.78. The molecule has 5 aromatic rings. The largest absolute Gasteiger partial charge is 0.457 e. The first-order chi connectivity index (χ1) is 13.9. The summed E-state index contributed by atoms with van der Waals surface area (Å²) in [5, 5.41) is 10.2. The van der Waals surface area contributed by atoms with Crippen LogP contribution < -0.4 is 10.1 Å². The van der Waals surface area contributed by atoms with Gasteiger partial charge in [0, 0.05) is 29.8 Å². The van der Waals surface area contributed by atoms with E-state index in [2.05, 4.69) is 25.5 Å². The summed E-state index contributed by atoms with van der Waals surface area (Å²) in [5.41, 5.74) is 3.55. The van der Waals surface area contributed by atoms with Crippen LogP contribution in [-0.4, -0.2) is 24.6 Å². The summed E-state index contributed by atoms with van der Waals surface area (Å²) in [7, 11) is 0. The summed E-state index contributed by atoms with van der Waals surface area (Å²) >= 11 is 0. The second-order valence-corrected chi connectivity index (χ2v) is 6.16. The van der Waals surface area contributed by atoms with E-state index in [-0.39, 0.29) is 0 Å². The van der Waals surface area contributed by atoms with Gasteiger partial charge in [0.25, 0.3) is 0 Å². The Morgan fingerprint density at radius 2 is 1.71 bits per heavy atom. The number of fused-ring (bicyclic) bond motifs is 1. The number of rotatable bonds is 5. The van der Waals surface area contributed by atoms with Crippen molar-refractivity contribution >= 4 is 17.2 Å². The molecule has 0 radical (unpaired) electrons. The molecule has 2 aromatic carbocycles. The van der Waals surface area contributed by atoms with Crippen LogP contribution in [0.1, 0.15) is 0 Å². The van der Waals surface area contributed by atoms with Gasteiger partial charge in [-0.3, -0.25) is 9.50 Å². The number of aromatic nitrogens is 5. The van der Waals surface area contributed by atoms with Crippen LogP contribution in [0.15, 0.2) is 85.6 Å². The second kappa shape index (κ2) is 6.88. The Morgan fingerprint density at radius 1 is 0.893 bits per heavy atom. The summed E-state index contributed by atoms with van der Waals surface area (Å²) in [6, 6.07) is 17.4. The first-order valence-electron chi connectivity index (χ1n) is 8.78. The fourth-order valence-corrected chi connectivity index (χ4v) is 2.98. The Hall–Kier alpha value is -4.13. The maximum atomic E-state index is 5.83. The molecule has 0 saturated carbocycles. The van der Waals surface area contributed by atoms with E-state index in [1.165, 1.54) is 0 Å². The number of para-hydroxylation sites is 1. The number of nitrogens with one attached hydrogen (secondary N) is 2. The Morgan fingerprint density at radius 3 is 2.50 bits per heavy atom. The Bertz CT molecular complexity index is 1200. The minimum atomic E-state index is 0.675. The maximum absolute atomic E-state index is 5.83. The molecule has 0 spiro atoms. The number of anilines is 2. The number of ether oxygens (including phenoxy) is 1. The highest BCUT2D eigenvalue weighted by atomic mass is 16.5. The van der Waals surface area contributed by atoms with E-state index in [0.29, 0.717) is 5.82 Å². The number of imidazole rings is 1. The summed E-state index contributed by atoms with van der Waals surface area (Å²) in [5.74, 6) is 2.25. The van der Waals surface area contributed by atoms with Crippen LogP contribution in [-0.2, 0) is 0 Å². The predicted molar refractivity (Wildman–Crippen MR) is 107 cm³/mol. The molecule has 7 nitrogen and oxygen atoms in total. The molecule has 3 aromatic heterocycles. The number of benzene rings is 2. The number of nitrogens with zero attached hydrogens (tertiary/aromatic N) is 4. The van der Waals surface area contributed by atoms with Gasteiger partial charge in [0.2, 0.25) is 0 Å². The molecule has 0 amide bonds. The summed E-state index contributed by atoms with van der Waals surface area (Å²) in [4.78, 5) is 8.95. The quantitative estimate of drug-likeness (QED) is 0.472. The lowest BCUT2D eigenvalue weighted by molar-refractivity contribution is 0.483. The van der Waals surface area contributed by atoms with Gasteiger partial charge in [0.1, 0.15) is 11.5 Å². The van der Waals surface area contributed by atoms with E-state index < -0.39 is 0 Å². The Kier molecular flexibility index (Phi) is 3.95. The van der Waals surface area contributed by atoms with Crippen molar-refractivity contribution in [1.82, 2.24) is 24.6 Å². The van der Waals surface area contributed by atoms with Crippen molar-refractivity contribution in [2.24, 2.45) is 0 Å². The van der Waals surface area contributed by atoms with E-state index in [0.717, 1.165) is 34.1 Å². The van der Waals surface area contributed by atoms with Crippen LogP contribution in [0, 0.1) is 0 Å². The molecule has 2 N–H and O–H groups in total. The van der Waals surface area contributed by atoms with Crippen LogP contribution in [0.5, 0.6) is 11.5 Å². The smallest absolute Gasteiger partial charge is 0.180 e. The summed E-state index contributed by atoms with van der Waals surface area (Å²) in [6.07, 6.45) is 9.04. The zero-order chi connectivity index (χ0) is 18.8. The first kappa shape index (κ1) is 16.1. The molecular weight excluding hydrogens is 352 g/mol. The van der Waals surface area contributed by atoms with Gasteiger partial charge in [-0.2, -0.15) is 5.10 Å². The van der Waals surface area contributed by atoms with E-state index in [9.17, 15) is 0 Å². The van der Waals surface area contributed by atoms with Gasteiger partial charge in [-0.05, 0) is 36.4 Å². The van der Waals surface area contributed by atoms with Crippen molar-refractivity contribution in [3.63, 3.8) is 0 Å². The van der Waals surface area contributed by atoms with Crippen LogP contribution in [0.25, 0.3) is 16.9 Å². The van der Waals surface area contributed by atoms with Gasteiger partial charge in [0.05, 0.1) is 18.1 Å². The zero-order valence-corrected chi connectivity index (χ0v) is 14.8. The highest BCUT2D eigenvalue weighted by Crippen LogP contribution is 2.26. The molecule has 5 rings (SSSR count). The fraction of sp³-hybridized carbons (Fsp3) is 0. The Labute approximate surface area is 160 Å². The molecule has 0 aliphatic carbocycles. The van der Waals surface area contributed by atoms with Crippen LogP contribution in [0.4, 0.5) is 11.5 Å². The molecule has 3 heterocycles. The van der Waals surface area contributed by atoms with Gasteiger partial charge in [-0.25, -0.2) is 9.97 Å². The van der Waals surface area contributed by atoms with E-state index >= 15 is 0 Å². The lowest BCUT2D eigenvalue weighted by Gasteiger charge is -2.09. The molecule has 7 heteroatoms. The minimum absolute atomic E-state index is 0.675. The molecule has 0 bridgehead atoms. The molecule has 0 aliphatic heterocycles. The van der Waals surface area contributed by atoms with Gasteiger partial charge < -0.3 is 10.1 Å². The molecular formula is C21H16N6O. The lowest BCUT2D eigenvalue weighted by atomic mass is 10.3. The van der Waals surface area contributed by atoms with Crippen molar-refractivity contribution in [1.29, 1.82) is 0 Å². The number of hydrogen-bond donors (Lipinski definition) is 2. The normalized spacial score (nSPS) is 10.9. The molecule has 136 valence electrons. The monoisotopic (exact) mass is 368 g/mol. The zero-order valence-electron chi connectivity index (χ0n) is 14.8. The van der Waals surface area contributed by atoms with Crippen LogP contribution in [0.3, 0.4) is 0 Å². The molecule has 0 unspecified atom stereocenters. The number of H-pyrrole nitrogens is 1. The van der Waals surface area contributed by atoms with Gasteiger partial charge in [-0.15, -0.1) is 0 Å². The number of hydrogen-bond acceptors (Lipinski definition) is 5. The predicted octanol–water partition coefficient (Wildman–Crippen LogP) is 4.66. The molecule has 28 heavy (non-hydrogen) atoms. The van der Waals surface area contributed by atoms with Gasteiger partial charge in [-0.1, -0.05) is 18.2 Å². The van der Waals surface area contributed by atoms with Crippen molar-refractivity contribution < 1.29 is 4.74 Å². The highest BCUT2D eigenvalue weighted by molar-refractivity contribution is 5.74. The molecule has 0 aliphatic rings. The highest BCUT2D eigenvalue weighted by Gasteiger charge is 2.11. The minimum Gasteiger partial charge on any atom is -0.457 e. The average molecular weight is 368 g/mol. The Balaban J connectivity index is 1.39. The topological polar surface area (TPSA) is 80.1 Å². The van der Waals surface area contributed by atoms with E-state index in [4.69, 9.17) is 4.74 Å². The molecule has 0 fully saturated rings. The standard InChI is InChI=1S/C21H16N6O/c1-2-4-17(5-3-1)28-18-8-6-16(7-9-18)26-20-21-23-14-19(15-12-24-25-13-15)27(21)11-10-22-20/h1-14H,(H,22,26)(H,24,25). The third kappa shape index (κ3) is 3.05. The van der Waals surface area contributed by atoms with Crippen molar-refractivity contribution in [3.05, 3.63) is 85.6 Å². The van der Waals surface area contributed by atoms with Crippen LogP contribution in [0.2, 0.25) is 0 Å². The van der Waals surface area contributed by atoms with Crippen molar-refractivity contribution in [2.75, 3.05) is 5.32 Å². The maximum Gasteiger partial charge on any atom is 0.180 e. The SMILES string of the molecule is c1ccc(Oc2ccc(Nc3nccn4c(-c5cn[nH]c5)cnc34)cc2)cc1. The molecule has 0 saturated heterocycles. The van der Waals surface area contributed by atoms with E-state index in [1.807, 2.05) is 77.6 Å². The summed E-state index contributed by atoms with van der Waals surface area (Å²) in [6.45, 7) is 0. The number of aromatic amines is 1. The van der Waals surface area contributed by atoms with E-state index in [1.54, 1.807) is 12.4 Å². The third-order valence-corrected chi connectivity index (χ3v) is 4.32. The van der Waals surface area contributed by atoms with Gasteiger partial charge >= 0.3 is 0 Å². The average Bonchev–Trinajstić information content (AvgIpc) is 3.40. The van der Waals surface area contributed by atoms with Crippen LogP contribution >= 0.6 is 0 Å². The third-order valence-electron chi connectivity index (χ3n) is 4.32.